The van der Waals surface area contributed by atoms with Crippen LogP contribution in [0.2, 0.25) is 0 Å². The van der Waals surface area contributed by atoms with Crippen LogP contribution in [0.15, 0.2) is 65.3 Å². The van der Waals surface area contributed by atoms with Gasteiger partial charge in [0.1, 0.15) is 0 Å². The van der Waals surface area contributed by atoms with Crippen molar-refractivity contribution in [1.82, 2.24) is 19.9 Å². The SMILES string of the molecule is Cc1ccc(-c2noc(NCc3cn(C)nc3-c3ccccc3)n2)cc1. The number of nitrogens with zero attached hydrogens (tertiary/aromatic N) is 4. The van der Waals surface area contributed by atoms with Gasteiger partial charge in [0.25, 0.3) is 0 Å². The summed E-state index contributed by atoms with van der Waals surface area (Å²) in [6.07, 6.45) is 1.99. The van der Waals surface area contributed by atoms with E-state index in [0.717, 1.165) is 22.4 Å². The summed E-state index contributed by atoms with van der Waals surface area (Å²) in [6.45, 7) is 2.60. The molecule has 0 amide bonds. The third-order valence-corrected chi connectivity index (χ3v) is 4.12. The molecule has 0 saturated heterocycles. The third-order valence-electron chi connectivity index (χ3n) is 4.12. The fourth-order valence-corrected chi connectivity index (χ4v) is 2.79. The Bertz CT molecular complexity index is 1000. The summed E-state index contributed by atoms with van der Waals surface area (Å²) in [4.78, 5) is 4.42. The van der Waals surface area contributed by atoms with Gasteiger partial charge < -0.3 is 9.84 Å². The van der Waals surface area contributed by atoms with Gasteiger partial charge in [-0.2, -0.15) is 10.1 Å². The lowest BCUT2D eigenvalue weighted by atomic mass is 10.1. The van der Waals surface area contributed by atoms with Gasteiger partial charge in [-0.3, -0.25) is 4.68 Å². The first-order valence-corrected chi connectivity index (χ1v) is 8.41. The molecule has 0 saturated carbocycles. The van der Waals surface area contributed by atoms with Crippen molar-refractivity contribution in [1.29, 1.82) is 0 Å². The zero-order valence-corrected chi connectivity index (χ0v) is 14.7. The Morgan fingerprint density at radius 3 is 2.54 bits per heavy atom. The number of benzene rings is 2. The van der Waals surface area contributed by atoms with E-state index < -0.39 is 0 Å². The summed E-state index contributed by atoms with van der Waals surface area (Å²) in [7, 11) is 1.91. The Kier molecular flexibility index (Phi) is 4.23. The molecule has 4 rings (SSSR count). The quantitative estimate of drug-likeness (QED) is 0.591. The van der Waals surface area contributed by atoms with Crippen molar-refractivity contribution < 1.29 is 4.52 Å². The van der Waals surface area contributed by atoms with Crippen LogP contribution in [-0.4, -0.2) is 19.9 Å². The number of hydrogen-bond donors (Lipinski definition) is 1. The van der Waals surface area contributed by atoms with E-state index in [1.54, 1.807) is 0 Å². The molecule has 0 fully saturated rings. The van der Waals surface area contributed by atoms with Crippen LogP contribution in [0.3, 0.4) is 0 Å². The summed E-state index contributed by atoms with van der Waals surface area (Å²) in [5.41, 5.74) is 5.21. The maximum Gasteiger partial charge on any atom is 0.322 e. The summed E-state index contributed by atoms with van der Waals surface area (Å²) >= 11 is 0. The highest BCUT2D eigenvalue weighted by molar-refractivity contribution is 5.63. The predicted molar refractivity (Wildman–Crippen MR) is 100 cm³/mol. The second-order valence-corrected chi connectivity index (χ2v) is 6.19. The van der Waals surface area contributed by atoms with Gasteiger partial charge >= 0.3 is 6.01 Å². The van der Waals surface area contributed by atoms with E-state index in [2.05, 4.69) is 20.6 Å². The molecule has 0 aliphatic carbocycles. The van der Waals surface area contributed by atoms with Crippen LogP contribution >= 0.6 is 0 Å². The molecule has 26 heavy (non-hydrogen) atoms. The first-order chi connectivity index (χ1) is 12.7. The molecule has 130 valence electrons. The van der Waals surface area contributed by atoms with Crippen molar-refractivity contribution in [2.45, 2.75) is 13.5 Å². The number of anilines is 1. The minimum absolute atomic E-state index is 0.392. The molecule has 2 aromatic carbocycles. The first kappa shape index (κ1) is 16.1. The summed E-state index contributed by atoms with van der Waals surface area (Å²) in [5.74, 6) is 0.571. The Morgan fingerprint density at radius 2 is 1.77 bits per heavy atom. The van der Waals surface area contributed by atoms with Crippen molar-refractivity contribution in [2.24, 2.45) is 7.05 Å². The Hall–Kier alpha value is -3.41. The van der Waals surface area contributed by atoms with Gasteiger partial charge in [0.2, 0.25) is 5.82 Å². The molecular formula is C20H19N5O. The molecule has 0 spiro atoms. The number of aryl methyl sites for hydroxylation is 2. The van der Waals surface area contributed by atoms with Crippen LogP contribution < -0.4 is 5.32 Å². The highest BCUT2D eigenvalue weighted by Gasteiger charge is 2.12. The van der Waals surface area contributed by atoms with Crippen molar-refractivity contribution in [2.75, 3.05) is 5.32 Å². The number of hydrogen-bond acceptors (Lipinski definition) is 5. The van der Waals surface area contributed by atoms with E-state index in [1.807, 2.05) is 79.4 Å². The molecule has 0 atom stereocenters. The van der Waals surface area contributed by atoms with Crippen molar-refractivity contribution in [3.05, 3.63) is 71.9 Å². The van der Waals surface area contributed by atoms with Crippen molar-refractivity contribution in [3.8, 4) is 22.6 Å². The lowest BCUT2D eigenvalue weighted by molar-refractivity contribution is 0.432. The normalized spacial score (nSPS) is 10.8. The third kappa shape index (κ3) is 3.35. The summed E-state index contributed by atoms with van der Waals surface area (Å²) in [5, 5.41) is 11.8. The number of nitrogens with one attached hydrogen (secondary N) is 1. The van der Waals surface area contributed by atoms with E-state index >= 15 is 0 Å². The van der Waals surface area contributed by atoms with E-state index in [9.17, 15) is 0 Å². The Morgan fingerprint density at radius 1 is 1.00 bits per heavy atom. The lowest BCUT2D eigenvalue weighted by Gasteiger charge is -2.02. The first-order valence-electron chi connectivity index (χ1n) is 8.41. The zero-order chi connectivity index (χ0) is 17.9. The average molecular weight is 345 g/mol. The topological polar surface area (TPSA) is 68.8 Å². The highest BCUT2D eigenvalue weighted by atomic mass is 16.5. The maximum absolute atomic E-state index is 5.32. The average Bonchev–Trinajstić information content (AvgIpc) is 3.28. The van der Waals surface area contributed by atoms with Crippen LogP contribution in [-0.2, 0) is 13.6 Å². The van der Waals surface area contributed by atoms with Gasteiger partial charge in [0, 0.05) is 36.5 Å². The van der Waals surface area contributed by atoms with Crippen LogP contribution in [0.1, 0.15) is 11.1 Å². The standard InChI is InChI=1S/C20H19N5O/c1-14-8-10-16(11-9-14)19-22-20(26-24-19)21-12-17-13-25(2)23-18(17)15-6-4-3-5-7-15/h3-11,13H,12H2,1-2H3,(H,21,22,24). The van der Waals surface area contributed by atoms with Gasteiger partial charge in [0.15, 0.2) is 0 Å². The molecule has 0 aliphatic rings. The summed E-state index contributed by atoms with van der Waals surface area (Å²) in [6, 6.07) is 18.5. The summed E-state index contributed by atoms with van der Waals surface area (Å²) < 4.78 is 7.13. The molecule has 1 N–H and O–H groups in total. The van der Waals surface area contributed by atoms with Crippen LogP contribution in [0.25, 0.3) is 22.6 Å². The molecule has 4 aromatic rings. The van der Waals surface area contributed by atoms with Gasteiger partial charge in [0.05, 0.1) is 5.69 Å². The smallest absolute Gasteiger partial charge is 0.322 e. The number of rotatable bonds is 5. The molecule has 0 unspecified atom stereocenters. The Balaban J connectivity index is 1.51. The Labute approximate surface area is 151 Å². The van der Waals surface area contributed by atoms with E-state index in [-0.39, 0.29) is 0 Å². The molecule has 0 aliphatic heterocycles. The van der Waals surface area contributed by atoms with Crippen LogP contribution in [0, 0.1) is 6.92 Å². The molecular weight excluding hydrogens is 326 g/mol. The monoisotopic (exact) mass is 345 g/mol. The minimum atomic E-state index is 0.392. The van der Waals surface area contributed by atoms with Crippen molar-refractivity contribution in [3.63, 3.8) is 0 Å². The zero-order valence-electron chi connectivity index (χ0n) is 14.7. The van der Waals surface area contributed by atoms with Gasteiger partial charge in [-0.05, 0) is 6.92 Å². The number of aromatic nitrogens is 4. The molecule has 0 bridgehead atoms. The second kappa shape index (κ2) is 6.84. The molecule has 2 heterocycles. The van der Waals surface area contributed by atoms with E-state index in [4.69, 9.17) is 4.52 Å². The molecule has 6 heteroatoms. The minimum Gasteiger partial charge on any atom is -0.334 e. The fourth-order valence-electron chi connectivity index (χ4n) is 2.79. The largest absolute Gasteiger partial charge is 0.334 e. The molecule has 6 nitrogen and oxygen atoms in total. The second-order valence-electron chi connectivity index (χ2n) is 6.19. The van der Waals surface area contributed by atoms with E-state index in [0.29, 0.717) is 18.4 Å². The van der Waals surface area contributed by atoms with E-state index in [1.165, 1.54) is 5.56 Å². The van der Waals surface area contributed by atoms with Gasteiger partial charge in [-0.25, -0.2) is 0 Å². The molecule has 2 aromatic heterocycles. The fraction of sp³-hybridized carbons (Fsp3) is 0.150. The van der Waals surface area contributed by atoms with Crippen LogP contribution in [0.4, 0.5) is 6.01 Å². The van der Waals surface area contributed by atoms with Gasteiger partial charge in [-0.1, -0.05) is 65.3 Å². The van der Waals surface area contributed by atoms with Crippen LogP contribution in [0.5, 0.6) is 0 Å². The van der Waals surface area contributed by atoms with Gasteiger partial charge in [-0.15, -0.1) is 0 Å². The molecule has 0 radical (unpaired) electrons. The highest BCUT2D eigenvalue weighted by Crippen LogP contribution is 2.23. The van der Waals surface area contributed by atoms with Crippen molar-refractivity contribution >= 4 is 6.01 Å². The lowest BCUT2D eigenvalue weighted by Crippen LogP contribution is -2.00. The maximum atomic E-state index is 5.32. The predicted octanol–water partition coefficient (Wildman–Crippen LogP) is 4.06.